The Kier molecular flexibility index (Phi) is 4.92. The van der Waals surface area contributed by atoms with Crippen molar-refractivity contribution in [3.8, 4) is 0 Å². The molecule has 1 N–H and O–H groups in total. The molecule has 1 fully saturated rings. The van der Waals surface area contributed by atoms with Crippen LogP contribution in [-0.2, 0) is 4.79 Å². The third-order valence-corrected chi connectivity index (χ3v) is 4.90. The molecule has 12 heavy (non-hydrogen) atoms. The van der Waals surface area contributed by atoms with Gasteiger partial charge in [-0.25, -0.2) is 0 Å². The first-order chi connectivity index (χ1) is 5.79. The largest absolute Gasteiger partial charge is 0.481 e. The summed E-state index contributed by atoms with van der Waals surface area (Å²) in [4.78, 5) is 10.2. The van der Waals surface area contributed by atoms with Gasteiger partial charge in [-0.1, -0.05) is 28.0 Å². The van der Waals surface area contributed by atoms with Crippen molar-refractivity contribution in [2.45, 2.75) is 37.4 Å². The standard InChI is InChI=1S/C8H14O2S2/c9-8(10)4-2-1-3-7-5-6-11-12-7/h7H,1-6H2,(H,9,10)/i3+1,4+1,7+1,8+1. The molecule has 0 aromatic carbocycles. The minimum absolute atomic E-state index is 0.338. The van der Waals surface area contributed by atoms with Crippen LogP contribution in [0.25, 0.3) is 0 Å². The van der Waals surface area contributed by atoms with E-state index < -0.39 is 5.97 Å². The van der Waals surface area contributed by atoms with Gasteiger partial charge in [-0.05, 0) is 19.3 Å². The van der Waals surface area contributed by atoms with E-state index in [2.05, 4.69) is 0 Å². The highest BCUT2D eigenvalue weighted by Crippen LogP contribution is 2.39. The molecule has 0 amide bonds. The highest BCUT2D eigenvalue weighted by atomic mass is 33.1. The van der Waals surface area contributed by atoms with Gasteiger partial charge in [-0.15, -0.1) is 0 Å². The zero-order valence-corrected chi connectivity index (χ0v) is 8.62. The van der Waals surface area contributed by atoms with Gasteiger partial charge < -0.3 is 5.11 Å². The van der Waals surface area contributed by atoms with Crippen molar-refractivity contribution >= 4 is 27.6 Å². The average Bonchev–Trinajstić information content (AvgIpc) is 2.49. The fourth-order valence-corrected chi connectivity index (χ4v) is 4.24. The number of carboxylic acid groups (broad SMARTS) is 1. The third kappa shape index (κ3) is 4.26. The zero-order valence-electron chi connectivity index (χ0n) is 6.99. The maximum atomic E-state index is 10.2. The van der Waals surface area contributed by atoms with Crippen LogP contribution in [0.2, 0.25) is 0 Å². The number of carboxylic acids is 1. The molecule has 1 atom stereocenters. The van der Waals surface area contributed by atoms with Gasteiger partial charge in [0.1, 0.15) is 0 Å². The summed E-state index contributed by atoms with van der Waals surface area (Å²) >= 11 is 0. The Labute approximate surface area is 80.9 Å². The molecule has 0 spiro atoms. The number of aliphatic carboxylic acids is 1. The van der Waals surface area contributed by atoms with Crippen LogP contribution in [-0.4, -0.2) is 22.1 Å². The van der Waals surface area contributed by atoms with Crippen molar-refractivity contribution in [2.75, 3.05) is 5.75 Å². The van der Waals surface area contributed by atoms with Crippen LogP contribution < -0.4 is 0 Å². The third-order valence-electron chi connectivity index (χ3n) is 1.89. The van der Waals surface area contributed by atoms with Gasteiger partial charge in [0.25, 0.3) is 0 Å². The van der Waals surface area contributed by atoms with Crippen LogP contribution in [0.1, 0.15) is 32.1 Å². The molecule has 0 radical (unpaired) electrons. The Morgan fingerprint density at radius 1 is 1.50 bits per heavy atom. The maximum Gasteiger partial charge on any atom is 0.303 e. The van der Waals surface area contributed by atoms with Crippen LogP contribution in [0.5, 0.6) is 0 Å². The smallest absolute Gasteiger partial charge is 0.303 e. The minimum Gasteiger partial charge on any atom is -0.481 e. The lowest BCUT2D eigenvalue weighted by Crippen LogP contribution is -1.99. The summed E-state index contributed by atoms with van der Waals surface area (Å²) < 4.78 is 0. The van der Waals surface area contributed by atoms with E-state index in [1.54, 1.807) is 0 Å². The SMILES string of the molecule is O=[13C](O)[13CH2]CC[13CH2][13CH]1CCSS1. The monoisotopic (exact) mass is 210 g/mol. The summed E-state index contributed by atoms with van der Waals surface area (Å²) in [6.07, 6.45) is 4.76. The van der Waals surface area contributed by atoms with Crippen molar-refractivity contribution in [1.82, 2.24) is 0 Å². The quantitative estimate of drug-likeness (QED) is 0.430. The van der Waals surface area contributed by atoms with E-state index in [-0.39, 0.29) is 0 Å². The lowest BCUT2D eigenvalue weighted by Gasteiger charge is -2.04. The molecule has 0 aliphatic carbocycles. The summed E-state index contributed by atoms with van der Waals surface area (Å²) in [6.45, 7) is 0. The molecule has 70 valence electrons. The maximum absolute atomic E-state index is 10.2. The van der Waals surface area contributed by atoms with Gasteiger partial charge in [0.05, 0.1) is 0 Å². The highest BCUT2D eigenvalue weighted by Gasteiger charge is 2.15. The van der Waals surface area contributed by atoms with E-state index >= 15 is 0 Å². The summed E-state index contributed by atoms with van der Waals surface area (Å²) in [5.74, 6) is 0.609. The molecular formula is C8H14O2S2. The highest BCUT2D eigenvalue weighted by molar-refractivity contribution is 8.77. The molecule has 0 aromatic heterocycles. The van der Waals surface area contributed by atoms with Crippen molar-refractivity contribution in [3.63, 3.8) is 0 Å². The summed E-state index contributed by atoms with van der Waals surface area (Å²) in [7, 11) is 3.92. The molecule has 4 heteroatoms. The Bertz CT molecular complexity index is 144. The van der Waals surface area contributed by atoms with Crippen molar-refractivity contribution in [3.05, 3.63) is 0 Å². The lowest BCUT2D eigenvalue weighted by atomic mass is 10.5. The van der Waals surface area contributed by atoms with E-state index in [4.69, 9.17) is 5.11 Å². The predicted molar refractivity (Wildman–Crippen MR) is 54.6 cm³/mol. The summed E-state index contributed by atoms with van der Waals surface area (Å²) in [5.41, 5.74) is 0. The number of rotatable bonds is 5. The number of hydrogen-bond acceptors (Lipinski definition) is 3. The second-order valence-electron chi connectivity index (χ2n) is 2.97. The van der Waals surface area contributed by atoms with Crippen LogP contribution >= 0.6 is 21.6 Å². The first-order valence-corrected chi connectivity index (χ1v) is 6.67. The van der Waals surface area contributed by atoms with E-state index in [1.165, 1.54) is 18.6 Å². The fraction of sp³-hybridized carbons (Fsp3) is 0.875. The molecule has 1 unspecified atom stereocenters. The Balaban J connectivity index is 1.91. The predicted octanol–water partition coefficient (Wildman–Crippen LogP) is 2.79. The molecule has 1 rings (SSSR count). The van der Waals surface area contributed by atoms with Crippen molar-refractivity contribution in [1.29, 1.82) is 0 Å². The molecule has 1 aliphatic heterocycles. The number of unbranched alkanes of at least 4 members (excludes halogenated alkanes) is 1. The van der Waals surface area contributed by atoms with E-state index in [1.807, 2.05) is 21.6 Å². The van der Waals surface area contributed by atoms with Crippen LogP contribution in [0.3, 0.4) is 0 Å². The molecule has 1 saturated heterocycles. The minimum atomic E-state index is -0.663. The Morgan fingerprint density at radius 3 is 2.92 bits per heavy atom. The normalized spacial score (nSPS) is 22.8. The Morgan fingerprint density at radius 2 is 2.33 bits per heavy atom. The molecule has 1 aliphatic rings. The summed E-state index contributed by atoms with van der Waals surface area (Å²) in [6, 6.07) is 0. The molecule has 0 aromatic rings. The van der Waals surface area contributed by atoms with Gasteiger partial charge in [-0.3, -0.25) is 4.79 Å². The number of hydrogen-bond donors (Lipinski definition) is 1. The van der Waals surface area contributed by atoms with E-state index in [0.29, 0.717) is 6.42 Å². The van der Waals surface area contributed by atoms with Crippen LogP contribution in [0.15, 0.2) is 0 Å². The van der Waals surface area contributed by atoms with Gasteiger partial charge >= 0.3 is 5.97 Å². The lowest BCUT2D eigenvalue weighted by molar-refractivity contribution is -0.137. The zero-order chi connectivity index (χ0) is 8.81. The second-order valence-corrected chi connectivity index (χ2v) is 5.76. The number of carbonyl (C=O) groups is 1. The van der Waals surface area contributed by atoms with Crippen LogP contribution in [0.4, 0.5) is 0 Å². The molecule has 2 nitrogen and oxygen atoms in total. The first kappa shape index (κ1) is 10.3. The fourth-order valence-electron chi connectivity index (χ4n) is 1.21. The van der Waals surface area contributed by atoms with E-state index in [0.717, 1.165) is 18.1 Å². The van der Waals surface area contributed by atoms with Crippen molar-refractivity contribution in [2.24, 2.45) is 0 Å². The van der Waals surface area contributed by atoms with Gasteiger partial charge in [0.15, 0.2) is 0 Å². The van der Waals surface area contributed by atoms with Gasteiger partial charge in [-0.2, -0.15) is 0 Å². The van der Waals surface area contributed by atoms with E-state index in [9.17, 15) is 4.79 Å². The van der Waals surface area contributed by atoms with Gasteiger partial charge in [0.2, 0.25) is 0 Å². The molecule has 1 heterocycles. The molecule has 0 bridgehead atoms. The summed E-state index contributed by atoms with van der Waals surface area (Å²) in [5, 5.41) is 9.19. The second kappa shape index (κ2) is 5.75. The van der Waals surface area contributed by atoms with Crippen LogP contribution in [0, 0.1) is 0 Å². The topological polar surface area (TPSA) is 37.3 Å². The molecule has 0 saturated carbocycles. The van der Waals surface area contributed by atoms with Crippen molar-refractivity contribution < 1.29 is 9.90 Å². The molecular weight excluding hydrogens is 196 g/mol. The first-order valence-electron chi connectivity index (χ1n) is 4.29. The van der Waals surface area contributed by atoms with Gasteiger partial charge in [0, 0.05) is 17.4 Å². The Hall–Kier alpha value is 0.170. The average molecular weight is 210 g/mol.